The Morgan fingerprint density at radius 1 is 0.605 bits per heavy atom. The van der Waals surface area contributed by atoms with Crippen LogP contribution in [-0.4, -0.2) is 69.4 Å². The van der Waals surface area contributed by atoms with Crippen LogP contribution in [0.4, 0.5) is 0 Å². The van der Waals surface area contributed by atoms with Crippen molar-refractivity contribution < 1.29 is 42.8 Å². The van der Waals surface area contributed by atoms with Crippen molar-refractivity contribution in [1.82, 2.24) is 0 Å². The van der Waals surface area contributed by atoms with Gasteiger partial charge < -0.3 is 28.4 Å². The highest BCUT2D eigenvalue weighted by molar-refractivity contribution is 5.91. The molecule has 1 heterocycles. The molecule has 9 nitrogen and oxygen atoms in total. The largest absolute Gasteiger partial charge is 0.452 e. The quantitative estimate of drug-likeness (QED) is 0.308. The lowest BCUT2D eigenvalue weighted by Crippen LogP contribution is -2.62. The Hall–Kier alpha value is -4.05. The van der Waals surface area contributed by atoms with E-state index >= 15 is 0 Å². The number of rotatable bonds is 9. The first kappa shape index (κ1) is 27.0. The van der Waals surface area contributed by atoms with E-state index in [0.717, 1.165) is 0 Å². The molecular weight excluding hydrogens is 492 g/mol. The van der Waals surface area contributed by atoms with Crippen molar-refractivity contribution in [2.24, 2.45) is 0 Å². The first-order valence-corrected chi connectivity index (χ1v) is 12.0. The Labute approximate surface area is 220 Å². The Morgan fingerprint density at radius 2 is 1.03 bits per heavy atom. The van der Waals surface area contributed by atoms with Gasteiger partial charge in [-0.05, 0) is 36.4 Å². The van der Waals surface area contributed by atoms with Crippen molar-refractivity contribution in [3.63, 3.8) is 0 Å². The summed E-state index contributed by atoms with van der Waals surface area (Å²) in [6, 6.07) is 24.9. The molecule has 1 aliphatic rings. The maximum Gasteiger partial charge on any atom is 0.340 e. The number of methoxy groups -OCH3 is 2. The molecule has 0 saturated carbocycles. The second-order valence-corrected chi connectivity index (χ2v) is 8.44. The van der Waals surface area contributed by atoms with E-state index in [1.54, 1.807) is 91.0 Å². The van der Waals surface area contributed by atoms with Crippen LogP contribution in [0.3, 0.4) is 0 Å². The van der Waals surface area contributed by atoms with Crippen molar-refractivity contribution in [2.45, 2.75) is 30.7 Å². The molecule has 1 saturated heterocycles. The molecule has 0 bridgehead atoms. The van der Waals surface area contributed by atoms with Gasteiger partial charge in [0.25, 0.3) is 0 Å². The molecule has 0 radical (unpaired) electrons. The highest BCUT2D eigenvalue weighted by Crippen LogP contribution is 2.31. The fourth-order valence-corrected chi connectivity index (χ4v) is 4.10. The van der Waals surface area contributed by atoms with Crippen LogP contribution in [0.5, 0.6) is 0 Å². The van der Waals surface area contributed by atoms with Gasteiger partial charge >= 0.3 is 17.9 Å². The topological polar surface area (TPSA) is 107 Å². The molecule has 198 valence electrons. The van der Waals surface area contributed by atoms with Crippen LogP contribution in [-0.2, 0) is 28.4 Å². The molecular formula is C29H28O9. The van der Waals surface area contributed by atoms with E-state index in [1.165, 1.54) is 14.2 Å². The van der Waals surface area contributed by atoms with E-state index in [9.17, 15) is 14.4 Å². The highest BCUT2D eigenvalue weighted by atomic mass is 16.7. The SMILES string of the molecule is COC[C@H]1O[C@H](OC(=O)c2ccccc2)[C@@H](OC(=O)c2ccccc2)[C@@H](OC(=O)c2ccccc2)[C@H]1OC. The van der Waals surface area contributed by atoms with Gasteiger partial charge in [-0.1, -0.05) is 54.6 Å². The van der Waals surface area contributed by atoms with Crippen LogP contribution in [0.1, 0.15) is 31.1 Å². The minimum atomic E-state index is -1.43. The molecule has 9 heteroatoms. The minimum absolute atomic E-state index is 0.0244. The van der Waals surface area contributed by atoms with Gasteiger partial charge in [0.05, 0.1) is 23.3 Å². The molecule has 3 aromatic carbocycles. The number of esters is 3. The summed E-state index contributed by atoms with van der Waals surface area (Å²) in [5.74, 6) is -2.11. The molecule has 38 heavy (non-hydrogen) atoms. The van der Waals surface area contributed by atoms with Gasteiger partial charge in [0.15, 0.2) is 6.10 Å². The molecule has 0 unspecified atom stereocenters. The fourth-order valence-electron chi connectivity index (χ4n) is 4.10. The maximum absolute atomic E-state index is 13.1. The Morgan fingerprint density at radius 3 is 1.45 bits per heavy atom. The standard InChI is InChI=1S/C29H28O9/c1-33-18-22-23(34-2)24(36-26(30)19-12-6-3-7-13-19)25(37-27(31)20-14-8-4-9-15-20)29(35-22)38-28(32)21-16-10-5-11-17-21/h3-17,22-25,29H,18H2,1-2H3/t22-,23+,24+,25+,29-/m1/s1. The number of hydrogen-bond acceptors (Lipinski definition) is 9. The number of carbonyl (C=O) groups excluding carboxylic acids is 3. The monoisotopic (exact) mass is 520 g/mol. The molecule has 1 aliphatic heterocycles. The van der Waals surface area contributed by atoms with E-state index in [0.29, 0.717) is 0 Å². The lowest BCUT2D eigenvalue weighted by molar-refractivity contribution is -0.288. The summed E-state index contributed by atoms with van der Waals surface area (Å²) in [5.41, 5.74) is 0.795. The van der Waals surface area contributed by atoms with Gasteiger partial charge in [0.2, 0.25) is 12.4 Å². The summed E-state index contributed by atoms with van der Waals surface area (Å²) in [6.07, 6.45) is -5.74. The van der Waals surface area contributed by atoms with Gasteiger partial charge in [0, 0.05) is 14.2 Å². The third-order valence-electron chi connectivity index (χ3n) is 5.93. The summed E-state index contributed by atoms with van der Waals surface area (Å²) in [7, 11) is 2.87. The van der Waals surface area contributed by atoms with Crippen LogP contribution < -0.4 is 0 Å². The number of benzene rings is 3. The second-order valence-electron chi connectivity index (χ2n) is 8.44. The molecule has 5 atom stereocenters. The average Bonchev–Trinajstić information content (AvgIpc) is 2.96. The highest BCUT2D eigenvalue weighted by Gasteiger charge is 2.52. The predicted octanol–water partition coefficient (Wildman–Crippen LogP) is 3.68. The number of carbonyl (C=O) groups is 3. The Kier molecular flexibility index (Phi) is 9.21. The van der Waals surface area contributed by atoms with Gasteiger partial charge in [-0.2, -0.15) is 0 Å². The smallest absolute Gasteiger partial charge is 0.340 e. The lowest BCUT2D eigenvalue weighted by Gasteiger charge is -2.44. The number of ether oxygens (including phenoxy) is 6. The molecule has 0 aromatic heterocycles. The molecule has 0 amide bonds. The summed E-state index contributed by atoms with van der Waals surface area (Å²) in [4.78, 5) is 39.2. The molecule has 0 N–H and O–H groups in total. The molecule has 0 spiro atoms. The zero-order chi connectivity index (χ0) is 26.9. The first-order chi connectivity index (χ1) is 18.5. The van der Waals surface area contributed by atoms with Crippen molar-refractivity contribution in [2.75, 3.05) is 20.8 Å². The summed E-state index contributed by atoms with van der Waals surface area (Å²) in [5, 5.41) is 0. The molecule has 1 fully saturated rings. The summed E-state index contributed by atoms with van der Waals surface area (Å²) in [6.45, 7) is 0.0244. The molecule has 4 rings (SSSR count). The zero-order valence-electron chi connectivity index (χ0n) is 20.9. The third kappa shape index (κ3) is 6.44. The molecule has 0 aliphatic carbocycles. The minimum Gasteiger partial charge on any atom is -0.452 e. The summed E-state index contributed by atoms with van der Waals surface area (Å²) < 4.78 is 34.3. The van der Waals surface area contributed by atoms with Crippen LogP contribution in [0.25, 0.3) is 0 Å². The van der Waals surface area contributed by atoms with Crippen LogP contribution in [0, 0.1) is 0 Å². The Balaban J connectivity index is 1.69. The predicted molar refractivity (Wildman–Crippen MR) is 134 cm³/mol. The van der Waals surface area contributed by atoms with E-state index in [2.05, 4.69) is 0 Å². The molecule has 3 aromatic rings. The van der Waals surface area contributed by atoms with Gasteiger partial charge in [-0.15, -0.1) is 0 Å². The van der Waals surface area contributed by atoms with Crippen molar-refractivity contribution in [3.8, 4) is 0 Å². The zero-order valence-corrected chi connectivity index (χ0v) is 20.9. The lowest BCUT2D eigenvalue weighted by atomic mass is 9.98. The van der Waals surface area contributed by atoms with E-state index in [-0.39, 0.29) is 23.3 Å². The maximum atomic E-state index is 13.1. The van der Waals surface area contributed by atoms with Gasteiger partial charge in [-0.25, -0.2) is 14.4 Å². The van der Waals surface area contributed by atoms with Crippen molar-refractivity contribution >= 4 is 17.9 Å². The van der Waals surface area contributed by atoms with Crippen LogP contribution in [0.15, 0.2) is 91.0 Å². The summed E-state index contributed by atoms with van der Waals surface area (Å²) >= 11 is 0. The van der Waals surface area contributed by atoms with E-state index < -0.39 is 48.6 Å². The fraction of sp³-hybridized carbons (Fsp3) is 0.276. The second kappa shape index (κ2) is 13.0. The normalized spacial score (nSPS) is 22.7. The van der Waals surface area contributed by atoms with E-state index in [1.807, 2.05) is 0 Å². The average molecular weight is 521 g/mol. The third-order valence-corrected chi connectivity index (χ3v) is 5.93. The van der Waals surface area contributed by atoms with Crippen molar-refractivity contribution in [1.29, 1.82) is 0 Å². The van der Waals surface area contributed by atoms with Crippen molar-refractivity contribution in [3.05, 3.63) is 108 Å². The van der Waals surface area contributed by atoms with Gasteiger partial charge in [-0.3, -0.25) is 0 Å². The number of hydrogen-bond donors (Lipinski definition) is 0. The van der Waals surface area contributed by atoms with Gasteiger partial charge in [0.1, 0.15) is 12.2 Å². The van der Waals surface area contributed by atoms with Crippen LogP contribution in [0.2, 0.25) is 0 Å². The van der Waals surface area contributed by atoms with Crippen LogP contribution >= 0.6 is 0 Å². The first-order valence-electron chi connectivity index (χ1n) is 12.0. The Bertz CT molecular complexity index is 1200. The van der Waals surface area contributed by atoms with E-state index in [4.69, 9.17) is 28.4 Å².